The van der Waals surface area contributed by atoms with Gasteiger partial charge in [-0.25, -0.2) is 9.78 Å². The van der Waals surface area contributed by atoms with Crippen LogP contribution in [0.4, 0.5) is 0 Å². The molecule has 160 valence electrons. The fourth-order valence-corrected chi connectivity index (χ4v) is 4.56. The van der Waals surface area contributed by atoms with Crippen LogP contribution in [0, 0.1) is 5.92 Å². The van der Waals surface area contributed by atoms with Crippen LogP contribution in [0.15, 0.2) is 36.4 Å². The maximum atomic E-state index is 12.2. The second kappa shape index (κ2) is 8.60. The molecule has 2 aromatic carbocycles. The van der Waals surface area contributed by atoms with Gasteiger partial charge in [0.1, 0.15) is 0 Å². The fraction of sp³-hybridized carbons (Fsp3) is 0.280. The Morgan fingerprint density at radius 1 is 1.29 bits per heavy atom. The van der Waals surface area contributed by atoms with Gasteiger partial charge in [-0.2, -0.15) is 0 Å². The minimum atomic E-state index is -0.922. The van der Waals surface area contributed by atoms with Crippen LogP contribution in [0.1, 0.15) is 47.4 Å². The van der Waals surface area contributed by atoms with Crippen molar-refractivity contribution in [2.75, 3.05) is 13.7 Å². The third-order valence-electron chi connectivity index (χ3n) is 5.51. The number of hydrogen-bond acceptors (Lipinski definition) is 4. The molecule has 0 saturated heterocycles. The van der Waals surface area contributed by atoms with E-state index in [9.17, 15) is 9.90 Å². The molecule has 1 heterocycles. The standard InChI is InChI=1S/C25H24ClNO4/c1-4-31-24-19(26)12-15(13-21(24)30-3)11-16-9-14(2)10-18-22(25(28)29)17-7-5-6-8-20(17)27-23(16)18/h5-8,11-14H,4,9-10H2,1-3H3,(H,28,29). The highest BCUT2D eigenvalue weighted by molar-refractivity contribution is 6.32. The van der Waals surface area contributed by atoms with Gasteiger partial charge in [-0.3, -0.25) is 0 Å². The summed E-state index contributed by atoms with van der Waals surface area (Å²) in [6.45, 7) is 4.50. The molecule has 5 nitrogen and oxygen atoms in total. The summed E-state index contributed by atoms with van der Waals surface area (Å²) in [7, 11) is 1.58. The van der Waals surface area contributed by atoms with Crippen molar-refractivity contribution in [1.29, 1.82) is 0 Å². The Labute approximate surface area is 186 Å². The number of methoxy groups -OCH3 is 1. The zero-order chi connectivity index (χ0) is 22.1. The highest BCUT2D eigenvalue weighted by atomic mass is 35.5. The summed E-state index contributed by atoms with van der Waals surface area (Å²) in [6.07, 6.45) is 3.50. The molecule has 6 heteroatoms. The molecule has 1 N–H and O–H groups in total. The molecule has 0 radical (unpaired) electrons. The molecule has 0 aliphatic heterocycles. The van der Waals surface area contributed by atoms with Gasteiger partial charge in [-0.05, 0) is 66.7 Å². The van der Waals surface area contributed by atoms with E-state index < -0.39 is 5.97 Å². The largest absolute Gasteiger partial charge is 0.493 e. The SMILES string of the molecule is CCOc1c(Cl)cc(C=C2CC(C)Cc3c2nc2ccccc2c3C(=O)O)cc1OC. The van der Waals surface area contributed by atoms with Crippen LogP contribution >= 0.6 is 11.6 Å². The number of hydrogen-bond donors (Lipinski definition) is 1. The number of aromatic nitrogens is 1. The number of halogens is 1. The second-order valence-corrected chi connectivity index (χ2v) is 8.19. The van der Waals surface area contributed by atoms with Crippen LogP contribution in [-0.2, 0) is 6.42 Å². The van der Waals surface area contributed by atoms with Gasteiger partial charge in [0, 0.05) is 5.39 Å². The number of carbonyl (C=O) groups is 1. The lowest BCUT2D eigenvalue weighted by Gasteiger charge is -2.26. The van der Waals surface area contributed by atoms with Gasteiger partial charge in [-0.1, -0.05) is 36.7 Å². The average Bonchev–Trinajstić information content (AvgIpc) is 2.73. The maximum absolute atomic E-state index is 12.2. The Balaban J connectivity index is 1.92. The zero-order valence-electron chi connectivity index (χ0n) is 17.7. The number of rotatable bonds is 5. The van der Waals surface area contributed by atoms with Crippen molar-refractivity contribution in [3.8, 4) is 11.5 Å². The van der Waals surface area contributed by atoms with E-state index in [1.165, 1.54) is 0 Å². The van der Waals surface area contributed by atoms with Crippen LogP contribution in [-0.4, -0.2) is 29.8 Å². The van der Waals surface area contributed by atoms with Crippen molar-refractivity contribution in [1.82, 2.24) is 4.98 Å². The number of pyridine rings is 1. The number of benzene rings is 2. The van der Waals surface area contributed by atoms with Crippen molar-refractivity contribution in [3.63, 3.8) is 0 Å². The number of allylic oxidation sites excluding steroid dienone is 1. The highest BCUT2D eigenvalue weighted by Crippen LogP contribution is 2.41. The first-order chi connectivity index (χ1) is 14.9. The lowest BCUT2D eigenvalue weighted by molar-refractivity contribution is 0.0697. The Hall–Kier alpha value is -3.05. The minimum Gasteiger partial charge on any atom is -0.493 e. The Morgan fingerprint density at radius 3 is 2.77 bits per heavy atom. The summed E-state index contributed by atoms with van der Waals surface area (Å²) in [5.41, 5.74) is 4.41. The molecule has 1 aliphatic rings. The number of para-hydroxylation sites is 1. The maximum Gasteiger partial charge on any atom is 0.336 e. The molecule has 0 fully saturated rings. The van der Waals surface area contributed by atoms with E-state index in [-0.39, 0.29) is 0 Å². The Kier molecular flexibility index (Phi) is 5.88. The van der Waals surface area contributed by atoms with Gasteiger partial charge in [0.05, 0.1) is 35.5 Å². The number of nitrogens with zero attached hydrogens (tertiary/aromatic N) is 1. The van der Waals surface area contributed by atoms with E-state index in [0.717, 1.165) is 28.8 Å². The molecule has 0 saturated carbocycles. The molecule has 1 aromatic heterocycles. The van der Waals surface area contributed by atoms with E-state index in [1.807, 2.05) is 49.4 Å². The first-order valence-electron chi connectivity index (χ1n) is 10.3. The van der Waals surface area contributed by atoms with Crippen LogP contribution in [0.5, 0.6) is 11.5 Å². The summed E-state index contributed by atoms with van der Waals surface area (Å²) in [5.74, 6) is 0.445. The smallest absolute Gasteiger partial charge is 0.336 e. The van der Waals surface area contributed by atoms with E-state index in [0.29, 0.717) is 51.9 Å². The van der Waals surface area contributed by atoms with Crippen molar-refractivity contribution < 1.29 is 19.4 Å². The predicted molar refractivity (Wildman–Crippen MR) is 123 cm³/mol. The van der Waals surface area contributed by atoms with Gasteiger partial charge >= 0.3 is 5.97 Å². The number of aromatic carboxylic acids is 1. The Morgan fingerprint density at radius 2 is 2.06 bits per heavy atom. The second-order valence-electron chi connectivity index (χ2n) is 7.79. The predicted octanol–water partition coefficient (Wildman–Crippen LogP) is 6.12. The number of ether oxygens (including phenoxy) is 2. The molecule has 31 heavy (non-hydrogen) atoms. The van der Waals surface area contributed by atoms with Gasteiger partial charge in [0.15, 0.2) is 11.5 Å². The minimum absolute atomic E-state index is 0.292. The monoisotopic (exact) mass is 437 g/mol. The molecule has 0 spiro atoms. The number of carboxylic acids is 1. The van der Waals surface area contributed by atoms with Crippen molar-refractivity contribution >= 4 is 40.1 Å². The molecule has 4 rings (SSSR count). The normalized spacial score (nSPS) is 16.9. The number of carboxylic acid groups (broad SMARTS) is 1. The average molecular weight is 438 g/mol. The summed E-state index contributed by atoms with van der Waals surface area (Å²) in [6, 6.07) is 11.1. The molecular formula is C25H24ClNO4. The van der Waals surface area contributed by atoms with E-state index >= 15 is 0 Å². The van der Waals surface area contributed by atoms with Crippen LogP contribution < -0.4 is 9.47 Å². The molecule has 1 unspecified atom stereocenters. The van der Waals surface area contributed by atoms with Crippen molar-refractivity contribution in [3.05, 3.63) is 63.8 Å². The molecule has 1 aliphatic carbocycles. The molecular weight excluding hydrogens is 414 g/mol. The summed E-state index contributed by atoms with van der Waals surface area (Å²) >= 11 is 6.46. The summed E-state index contributed by atoms with van der Waals surface area (Å²) in [4.78, 5) is 17.1. The van der Waals surface area contributed by atoms with E-state index in [1.54, 1.807) is 7.11 Å². The third-order valence-corrected chi connectivity index (χ3v) is 5.79. The summed E-state index contributed by atoms with van der Waals surface area (Å²) < 4.78 is 11.1. The molecule has 1 atom stereocenters. The zero-order valence-corrected chi connectivity index (χ0v) is 18.5. The first kappa shape index (κ1) is 21.2. The lowest BCUT2D eigenvalue weighted by atomic mass is 9.80. The van der Waals surface area contributed by atoms with Gasteiger partial charge in [-0.15, -0.1) is 0 Å². The van der Waals surface area contributed by atoms with Gasteiger partial charge < -0.3 is 14.6 Å². The van der Waals surface area contributed by atoms with Gasteiger partial charge in [0.2, 0.25) is 0 Å². The fourth-order valence-electron chi connectivity index (χ4n) is 4.29. The lowest BCUT2D eigenvalue weighted by Crippen LogP contribution is -2.17. The molecule has 0 amide bonds. The van der Waals surface area contributed by atoms with Crippen molar-refractivity contribution in [2.45, 2.75) is 26.7 Å². The number of fused-ring (bicyclic) bond motifs is 2. The molecule has 0 bridgehead atoms. The van der Waals surface area contributed by atoms with Crippen molar-refractivity contribution in [2.24, 2.45) is 5.92 Å². The van der Waals surface area contributed by atoms with E-state index in [2.05, 4.69) is 6.92 Å². The molecule has 3 aromatic rings. The van der Waals surface area contributed by atoms with Crippen LogP contribution in [0.25, 0.3) is 22.6 Å². The van der Waals surface area contributed by atoms with Crippen LogP contribution in [0.2, 0.25) is 5.02 Å². The summed E-state index contributed by atoms with van der Waals surface area (Å²) in [5, 5.41) is 11.1. The third kappa shape index (κ3) is 3.98. The Bertz CT molecular complexity index is 1200. The van der Waals surface area contributed by atoms with Gasteiger partial charge in [0.25, 0.3) is 0 Å². The van der Waals surface area contributed by atoms with E-state index in [4.69, 9.17) is 26.1 Å². The topological polar surface area (TPSA) is 68.7 Å². The highest BCUT2D eigenvalue weighted by Gasteiger charge is 2.28. The van der Waals surface area contributed by atoms with Crippen LogP contribution in [0.3, 0.4) is 0 Å². The first-order valence-corrected chi connectivity index (χ1v) is 10.7. The quantitative estimate of drug-likeness (QED) is 0.521.